The van der Waals surface area contributed by atoms with E-state index in [1.165, 1.54) is 0 Å². The monoisotopic (exact) mass is 140 g/mol. The fourth-order valence-corrected chi connectivity index (χ4v) is 0. The molecular formula is C3H9O4P. The van der Waals surface area contributed by atoms with Crippen LogP contribution in [0.5, 0.6) is 0 Å². The van der Waals surface area contributed by atoms with Crippen LogP contribution in [0.2, 0.25) is 0 Å². The summed E-state index contributed by atoms with van der Waals surface area (Å²) in [4.78, 5) is 14.3. The lowest BCUT2D eigenvalue weighted by molar-refractivity contribution is 0.405. The Balaban J connectivity index is 0. The molecule has 50 valence electrons. The normalized spacial score (nSPS) is 9.00. The van der Waals surface area contributed by atoms with E-state index in [1.54, 1.807) is 13.0 Å². The zero-order valence-electron chi connectivity index (χ0n) is 4.40. The van der Waals surface area contributed by atoms with E-state index >= 15 is 0 Å². The first-order chi connectivity index (χ1) is 3.65. The molecule has 5 heteroatoms. The highest BCUT2D eigenvalue weighted by Gasteiger charge is 1.61. The predicted octanol–water partition coefficient (Wildman–Crippen LogP) is 0.439. The van der Waals surface area contributed by atoms with Gasteiger partial charge in [-0.25, -0.2) is 0 Å². The number of aliphatic hydroxyl groups is 1. The lowest BCUT2D eigenvalue weighted by Crippen LogP contribution is -1.38. The van der Waals surface area contributed by atoms with E-state index in [4.69, 9.17) is 19.5 Å². The average Bonchev–Trinajstić information content (AvgIpc) is 1.65. The van der Waals surface area contributed by atoms with Crippen molar-refractivity contribution in [3.8, 4) is 0 Å². The largest absolute Gasteiger partial charge is 0.516 e. The Morgan fingerprint density at radius 1 is 1.50 bits per heavy atom. The Morgan fingerprint density at radius 3 is 1.62 bits per heavy atom. The summed E-state index contributed by atoms with van der Waals surface area (Å²) >= 11 is 0. The smallest absolute Gasteiger partial charge is 0.314 e. The van der Waals surface area contributed by atoms with E-state index < -0.39 is 8.25 Å². The lowest BCUT2D eigenvalue weighted by atomic mass is 10.8. The summed E-state index contributed by atoms with van der Waals surface area (Å²) in [5.74, 6) is 0. The van der Waals surface area contributed by atoms with E-state index in [0.29, 0.717) is 0 Å². The molecule has 8 heavy (non-hydrogen) atoms. The summed E-state index contributed by atoms with van der Waals surface area (Å²) in [6, 6.07) is 0. The number of hydrogen-bond acceptors (Lipinski definition) is 2. The highest BCUT2D eigenvalue weighted by Crippen LogP contribution is 1.98. The summed E-state index contributed by atoms with van der Waals surface area (Å²) in [6.45, 7) is 1.75. The van der Waals surface area contributed by atoms with Crippen molar-refractivity contribution in [3.63, 3.8) is 0 Å². The van der Waals surface area contributed by atoms with Crippen molar-refractivity contribution in [1.29, 1.82) is 0 Å². The van der Waals surface area contributed by atoms with Crippen LogP contribution in [-0.4, -0.2) is 14.9 Å². The van der Waals surface area contributed by atoms with Crippen molar-refractivity contribution >= 4 is 8.25 Å². The van der Waals surface area contributed by atoms with E-state index in [0.717, 1.165) is 6.26 Å². The summed E-state index contributed by atoms with van der Waals surface area (Å²) < 4.78 is 8.74. The Kier molecular flexibility index (Phi) is 13.1. The third-order valence-corrected chi connectivity index (χ3v) is 0.149. The number of hydrogen-bond donors (Lipinski definition) is 3. The molecule has 0 unspecified atom stereocenters. The standard InChI is InChI=1S/C3H6O.H3O3P/c1-2-3-4;1-4(2)3/h2-4H,1H3;4H,(H2,1,2,3). The highest BCUT2D eigenvalue weighted by molar-refractivity contribution is 7.30. The van der Waals surface area contributed by atoms with Crippen LogP contribution in [0.25, 0.3) is 0 Å². The zero-order valence-corrected chi connectivity index (χ0v) is 5.40. The molecule has 0 heterocycles. The molecule has 0 fully saturated rings. The van der Waals surface area contributed by atoms with E-state index in [1.807, 2.05) is 0 Å². The van der Waals surface area contributed by atoms with Crippen LogP contribution in [0.3, 0.4) is 0 Å². The minimum absolute atomic E-state index is 1.00. The zero-order chi connectivity index (χ0) is 6.99. The molecule has 0 amide bonds. The maximum absolute atomic E-state index is 8.74. The van der Waals surface area contributed by atoms with Crippen molar-refractivity contribution in [3.05, 3.63) is 12.3 Å². The number of rotatable bonds is 0. The maximum Gasteiger partial charge on any atom is 0.314 e. The van der Waals surface area contributed by atoms with Crippen molar-refractivity contribution < 1.29 is 19.5 Å². The Hall–Kier alpha value is -0.310. The van der Waals surface area contributed by atoms with Crippen molar-refractivity contribution in [2.75, 3.05) is 0 Å². The molecule has 0 aromatic heterocycles. The van der Waals surface area contributed by atoms with E-state index in [9.17, 15) is 0 Å². The second-order valence-electron chi connectivity index (χ2n) is 0.765. The van der Waals surface area contributed by atoms with Gasteiger partial charge in [0.05, 0.1) is 6.26 Å². The van der Waals surface area contributed by atoms with Gasteiger partial charge in [-0.05, 0) is 6.92 Å². The topological polar surface area (TPSA) is 77.8 Å². The highest BCUT2D eigenvalue weighted by atomic mass is 31.1. The molecule has 0 aromatic rings. The van der Waals surface area contributed by atoms with Crippen LogP contribution < -0.4 is 0 Å². The summed E-state index contributed by atoms with van der Waals surface area (Å²) in [5, 5.41) is 7.69. The fraction of sp³-hybridized carbons (Fsp3) is 0.333. The molecule has 0 saturated carbocycles. The molecule has 0 saturated heterocycles. The molecule has 4 nitrogen and oxygen atoms in total. The average molecular weight is 140 g/mol. The van der Waals surface area contributed by atoms with Crippen LogP contribution in [0.4, 0.5) is 0 Å². The van der Waals surface area contributed by atoms with Crippen LogP contribution in [-0.2, 0) is 4.57 Å². The minimum Gasteiger partial charge on any atom is -0.516 e. The fourth-order valence-electron chi connectivity index (χ4n) is 0. The van der Waals surface area contributed by atoms with Gasteiger partial charge >= 0.3 is 8.25 Å². The summed E-state index contributed by atoms with van der Waals surface area (Å²) in [6.07, 6.45) is 2.56. The van der Waals surface area contributed by atoms with Gasteiger partial charge in [0.1, 0.15) is 0 Å². The molecule has 0 radical (unpaired) electrons. The number of allylic oxidation sites excluding steroid dienone is 1. The molecule has 3 N–H and O–H groups in total. The van der Waals surface area contributed by atoms with Gasteiger partial charge in [-0.15, -0.1) is 0 Å². The Labute approximate surface area is 48.0 Å². The van der Waals surface area contributed by atoms with Crippen molar-refractivity contribution in [1.82, 2.24) is 0 Å². The molecule has 0 aliphatic carbocycles. The first-order valence-corrected chi connectivity index (χ1v) is 3.12. The molecule has 0 aliphatic rings. The van der Waals surface area contributed by atoms with Crippen LogP contribution >= 0.6 is 8.25 Å². The minimum atomic E-state index is -3.13. The molecule has 0 aromatic carbocycles. The van der Waals surface area contributed by atoms with Gasteiger partial charge in [-0.3, -0.25) is 4.57 Å². The third kappa shape index (κ3) is 263. The van der Waals surface area contributed by atoms with Crippen LogP contribution in [0.15, 0.2) is 12.3 Å². The van der Waals surface area contributed by atoms with Gasteiger partial charge in [0.2, 0.25) is 0 Å². The molecular weight excluding hydrogens is 131 g/mol. The van der Waals surface area contributed by atoms with E-state index in [2.05, 4.69) is 0 Å². The van der Waals surface area contributed by atoms with E-state index in [-0.39, 0.29) is 0 Å². The van der Waals surface area contributed by atoms with Gasteiger partial charge in [0.15, 0.2) is 0 Å². The molecule has 0 rings (SSSR count). The molecule has 0 atom stereocenters. The summed E-state index contributed by atoms with van der Waals surface area (Å²) in [7, 11) is -3.13. The van der Waals surface area contributed by atoms with Crippen molar-refractivity contribution in [2.45, 2.75) is 6.92 Å². The van der Waals surface area contributed by atoms with Gasteiger partial charge < -0.3 is 14.9 Å². The second-order valence-corrected chi connectivity index (χ2v) is 1.33. The Bertz CT molecular complexity index is 71.4. The second kappa shape index (κ2) is 9.85. The van der Waals surface area contributed by atoms with Gasteiger partial charge in [-0.2, -0.15) is 0 Å². The lowest BCUT2D eigenvalue weighted by Gasteiger charge is -1.61. The number of aliphatic hydroxyl groups excluding tert-OH is 1. The first kappa shape index (κ1) is 10.6. The quantitative estimate of drug-likeness (QED) is 0.337. The SMILES string of the molecule is CC=CO.O=[PH](O)O. The van der Waals surface area contributed by atoms with Crippen molar-refractivity contribution in [2.24, 2.45) is 0 Å². The maximum atomic E-state index is 8.74. The van der Waals surface area contributed by atoms with Crippen LogP contribution in [0, 0.1) is 0 Å². The summed E-state index contributed by atoms with van der Waals surface area (Å²) in [5.41, 5.74) is 0. The van der Waals surface area contributed by atoms with Gasteiger partial charge in [-0.1, -0.05) is 6.08 Å². The molecule has 0 bridgehead atoms. The third-order valence-electron chi connectivity index (χ3n) is 0.149. The predicted molar refractivity (Wildman–Crippen MR) is 30.9 cm³/mol. The molecule has 0 spiro atoms. The van der Waals surface area contributed by atoms with Gasteiger partial charge in [0, 0.05) is 0 Å². The molecule has 0 aliphatic heterocycles. The van der Waals surface area contributed by atoms with Crippen LogP contribution in [0.1, 0.15) is 6.92 Å². The first-order valence-electron chi connectivity index (χ1n) is 1.82. The Morgan fingerprint density at radius 2 is 1.62 bits per heavy atom. The van der Waals surface area contributed by atoms with Gasteiger partial charge in [0.25, 0.3) is 0 Å².